The first-order valence-electron chi connectivity index (χ1n) is 6.42. The summed E-state index contributed by atoms with van der Waals surface area (Å²) in [6.45, 7) is 2.32. The number of carbonyl (C=O) groups excluding carboxylic acids is 1. The van der Waals surface area contributed by atoms with Crippen LogP contribution in [0, 0.1) is 0 Å². The van der Waals surface area contributed by atoms with E-state index in [1.807, 2.05) is 6.92 Å². The third-order valence-electron chi connectivity index (χ3n) is 3.14. The number of amides is 1. The average molecular weight is 318 g/mol. The molecule has 0 saturated heterocycles. The summed E-state index contributed by atoms with van der Waals surface area (Å²) in [5, 5.41) is 2.85. The Bertz CT molecular complexity index is 615. The molecule has 1 aliphatic rings. The quantitative estimate of drug-likeness (QED) is 0.846. The van der Waals surface area contributed by atoms with E-state index in [9.17, 15) is 13.2 Å². The molecule has 1 aromatic carbocycles. The molecular weight excluding hydrogens is 302 g/mol. The highest BCUT2D eigenvalue weighted by Gasteiger charge is 2.27. The number of unbranched alkanes of at least 4 members (excludes halogenated alkanes) is 1. The Kier molecular flexibility index (Phi) is 4.55. The fraction of sp³-hybridized carbons (Fsp3) is 0.462. The van der Waals surface area contributed by atoms with E-state index < -0.39 is 9.05 Å². The minimum absolute atomic E-state index is 0.0104. The van der Waals surface area contributed by atoms with Crippen molar-refractivity contribution >= 4 is 25.6 Å². The van der Waals surface area contributed by atoms with Gasteiger partial charge < -0.3 is 10.1 Å². The van der Waals surface area contributed by atoms with E-state index in [2.05, 4.69) is 5.32 Å². The molecule has 1 unspecified atom stereocenters. The number of fused-ring (bicyclic) bond motifs is 1. The standard InChI is InChI=1S/C13H16ClNO4S/c1-2-3-4-13(16)15-11-8-19-12-6-5-9(7-10(11)12)20(14,17)18/h5-7,11H,2-4,8H2,1H3,(H,15,16). The summed E-state index contributed by atoms with van der Waals surface area (Å²) in [7, 11) is 1.54. The Morgan fingerprint density at radius 3 is 2.90 bits per heavy atom. The largest absolute Gasteiger partial charge is 0.491 e. The lowest BCUT2D eigenvalue weighted by Crippen LogP contribution is -2.29. The molecule has 0 spiro atoms. The van der Waals surface area contributed by atoms with Crippen molar-refractivity contribution in [2.24, 2.45) is 0 Å². The average Bonchev–Trinajstić information content (AvgIpc) is 2.78. The van der Waals surface area contributed by atoms with E-state index in [1.54, 1.807) is 6.07 Å². The molecule has 5 nitrogen and oxygen atoms in total. The van der Waals surface area contributed by atoms with Crippen LogP contribution in [-0.2, 0) is 13.8 Å². The van der Waals surface area contributed by atoms with Gasteiger partial charge in [-0.05, 0) is 24.6 Å². The van der Waals surface area contributed by atoms with Crippen molar-refractivity contribution in [2.45, 2.75) is 37.1 Å². The summed E-state index contributed by atoms with van der Waals surface area (Å²) >= 11 is 0. The Morgan fingerprint density at radius 2 is 2.25 bits per heavy atom. The van der Waals surface area contributed by atoms with Crippen LogP contribution >= 0.6 is 10.7 Å². The normalized spacial score (nSPS) is 17.4. The summed E-state index contributed by atoms with van der Waals surface area (Å²) < 4.78 is 28.1. The van der Waals surface area contributed by atoms with Gasteiger partial charge in [0.1, 0.15) is 12.4 Å². The number of hydrogen-bond acceptors (Lipinski definition) is 4. The zero-order chi connectivity index (χ0) is 14.8. The molecule has 1 heterocycles. The molecule has 0 saturated carbocycles. The van der Waals surface area contributed by atoms with Gasteiger partial charge in [-0.15, -0.1) is 0 Å². The van der Waals surface area contributed by atoms with E-state index in [1.165, 1.54) is 12.1 Å². The van der Waals surface area contributed by atoms with Gasteiger partial charge >= 0.3 is 0 Å². The van der Waals surface area contributed by atoms with Crippen LogP contribution in [0.3, 0.4) is 0 Å². The fourth-order valence-electron chi connectivity index (χ4n) is 2.07. The van der Waals surface area contributed by atoms with E-state index in [0.29, 0.717) is 24.3 Å². The minimum atomic E-state index is -3.79. The van der Waals surface area contributed by atoms with Crippen LogP contribution in [0.15, 0.2) is 23.1 Å². The number of halogens is 1. The van der Waals surface area contributed by atoms with Crippen LogP contribution in [0.4, 0.5) is 0 Å². The monoisotopic (exact) mass is 317 g/mol. The summed E-state index contributed by atoms with van der Waals surface area (Å²) in [5.74, 6) is 0.516. The van der Waals surface area contributed by atoms with Gasteiger partial charge in [-0.3, -0.25) is 4.79 Å². The second-order valence-electron chi connectivity index (χ2n) is 4.67. The van der Waals surface area contributed by atoms with Gasteiger partial charge in [0.15, 0.2) is 0 Å². The van der Waals surface area contributed by atoms with Crippen molar-refractivity contribution in [3.05, 3.63) is 23.8 Å². The van der Waals surface area contributed by atoms with Crippen LogP contribution in [0.2, 0.25) is 0 Å². The van der Waals surface area contributed by atoms with Crippen molar-refractivity contribution in [1.82, 2.24) is 5.32 Å². The van der Waals surface area contributed by atoms with Crippen LogP contribution in [-0.4, -0.2) is 20.9 Å². The smallest absolute Gasteiger partial charge is 0.261 e. The van der Waals surface area contributed by atoms with Crippen molar-refractivity contribution in [1.29, 1.82) is 0 Å². The summed E-state index contributed by atoms with van der Waals surface area (Å²) in [6, 6.07) is 4.08. The molecular formula is C13H16ClNO4S. The maximum atomic E-state index is 11.7. The molecule has 0 bridgehead atoms. The van der Waals surface area contributed by atoms with Crippen LogP contribution in [0.25, 0.3) is 0 Å². The number of benzene rings is 1. The number of nitrogens with one attached hydrogen (secondary N) is 1. The first-order chi connectivity index (χ1) is 9.41. The van der Waals surface area contributed by atoms with Crippen LogP contribution in [0.5, 0.6) is 5.75 Å². The van der Waals surface area contributed by atoms with Gasteiger partial charge in [0.05, 0.1) is 10.9 Å². The molecule has 0 fully saturated rings. The topological polar surface area (TPSA) is 72.5 Å². The Balaban J connectivity index is 2.17. The molecule has 0 aliphatic carbocycles. The van der Waals surface area contributed by atoms with E-state index in [4.69, 9.17) is 15.4 Å². The van der Waals surface area contributed by atoms with Crippen molar-refractivity contribution < 1.29 is 17.9 Å². The Morgan fingerprint density at radius 1 is 1.50 bits per heavy atom. The number of rotatable bonds is 5. The van der Waals surface area contributed by atoms with Gasteiger partial charge in [0.2, 0.25) is 5.91 Å². The molecule has 20 heavy (non-hydrogen) atoms. The number of carbonyl (C=O) groups is 1. The van der Waals surface area contributed by atoms with Crippen molar-refractivity contribution in [3.63, 3.8) is 0 Å². The van der Waals surface area contributed by atoms with E-state index >= 15 is 0 Å². The first kappa shape index (κ1) is 15.1. The van der Waals surface area contributed by atoms with Gasteiger partial charge in [-0.2, -0.15) is 0 Å². The number of ether oxygens (including phenoxy) is 1. The molecule has 0 aromatic heterocycles. The third kappa shape index (κ3) is 3.43. The van der Waals surface area contributed by atoms with Gasteiger partial charge in [0, 0.05) is 22.7 Å². The second-order valence-corrected chi connectivity index (χ2v) is 7.24. The first-order valence-corrected chi connectivity index (χ1v) is 8.73. The summed E-state index contributed by atoms with van der Waals surface area (Å²) in [5.41, 5.74) is 0.650. The minimum Gasteiger partial charge on any atom is -0.491 e. The van der Waals surface area contributed by atoms with E-state index in [0.717, 1.165) is 12.8 Å². The molecule has 0 radical (unpaired) electrons. The zero-order valence-corrected chi connectivity index (χ0v) is 12.6. The molecule has 1 aromatic rings. The number of hydrogen-bond donors (Lipinski definition) is 1. The second kappa shape index (κ2) is 6.01. The van der Waals surface area contributed by atoms with Crippen molar-refractivity contribution in [3.8, 4) is 5.75 Å². The van der Waals surface area contributed by atoms with Gasteiger partial charge in [0.25, 0.3) is 9.05 Å². The molecule has 1 aliphatic heterocycles. The lowest BCUT2D eigenvalue weighted by Gasteiger charge is -2.12. The summed E-state index contributed by atoms with van der Waals surface area (Å²) in [6.07, 6.45) is 2.22. The molecule has 1 atom stereocenters. The predicted molar refractivity (Wildman–Crippen MR) is 75.4 cm³/mol. The van der Waals surface area contributed by atoms with Gasteiger partial charge in [-0.25, -0.2) is 8.42 Å². The third-order valence-corrected chi connectivity index (χ3v) is 4.49. The Labute approximate surface area is 122 Å². The molecule has 1 amide bonds. The van der Waals surface area contributed by atoms with E-state index in [-0.39, 0.29) is 16.8 Å². The molecule has 1 N–H and O–H groups in total. The van der Waals surface area contributed by atoms with Crippen molar-refractivity contribution in [2.75, 3.05) is 6.61 Å². The maximum absolute atomic E-state index is 11.7. The lowest BCUT2D eigenvalue weighted by atomic mass is 10.1. The molecule has 2 rings (SSSR count). The molecule has 110 valence electrons. The Hall–Kier alpha value is -1.27. The molecule has 7 heteroatoms. The lowest BCUT2D eigenvalue weighted by molar-refractivity contribution is -0.122. The van der Waals surface area contributed by atoms with Gasteiger partial charge in [-0.1, -0.05) is 13.3 Å². The maximum Gasteiger partial charge on any atom is 0.261 e. The summed E-state index contributed by atoms with van der Waals surface area (Å²) in [4.78, 5) is 11.7. The van der Waals surface area contributed by atoms with Crippen LogP contribution < -0.4 is 10.1 Å². The predicted octanol–water partition coefficient (Wildman–Crippen LogP) is 2.35. The SMILES string of the molecule is CCCCC(=O)NC1COc2ccc(S(=O)(=O)Cl)cc21. The highest BCUT2D eigenvalue weighted by Crippen LogP contribution is 2.34. The highest BCUT2D eigenvalue weighted by atomic mass is 35.7. The van der Waals surface area contributed by atoms with Crippen LogP contribution in [0.1, 0.15) is 37.8 Å². The fourth-order valence-corrected chi connectivity index (χ4v) is 2.85. The highest BCUT2D eigenvalue weighted by molar-refractivity contribution is 8.13. The zero-order valence-electron chi connectivity index (χ0n) is 11.1.